The van der Waals surface area contributed by atoms with Gasteiger partial charge in [0, 0.05) is 39.8 Å². The third kappa shape index (κ3) is 2.88. The Balaban J connectivity index is 2.02. The highest BCUT2D eigenvalue weighted by atomic mass is 16.5. The lowest BCUT2D eigenvalue weighted by molar-refractivity contribution is -0.101. The van der Waals surface area contributed by atoms with Crippen molar-refractivity contribution in [3.63, 3.8) is 0 Å². The van der Waals surface area contributed by atoms with E-state index in [1.807, 2.05) is 0 Å². The molecule has 0 amide bonds. The van der Waals surface area contributed by atoms with Crippen molar-refractivity contribution in [2.75, 3.05) is 26.9 Å². The SMILES string of the molecule is CCCOCc1nc(C2(OC)CCOCC2)no1. The zero-order valence-electron chi connectivity index (χ0n) is 11.0. The lowest BCUT2D eigenvalue weighted by Crippen LogP contribution is -2.36. The molecule has 0 atom stereocenters. The molecular weight excluding hydrogens is 236 g/mol. The van der Waals surface area contributed by atoms with Crippen LogP contribution in [0.2, 0.25) is 0 Å². The fourth-order valence-corrected chi connectivity index (χ4v) is 2.02. The summed E-state index contributed by atoms with van der Waals surface area (Å²) in [6.45, 7) is 4.42. The average molecular weight is 256 g/mol. The van der Waals surface area contributed by atoms with E-state index in [2.05, 4.69) is 17.1 Å². The molecule has 0 bridgehead atoms. The van der Waals surface area contributed by atoms with Gasteiger partial charge in [0.15, 0.2) is 0 Å². The third-order valence-corrected chi connectivity index (χ3v) is 3.14. The molecule has 0 saturated carbocycles. The quantitative estimate of drug-likeness (QED) is 0.721. The second-order valence-electron chi connectivity index (χ2n) is 4.38. The molecule has 1 fully saturated rings. The molecule has 0 radical (unpaired) electrons. The van der Waals surface area contributed by atoms with Gasteiger partial charge in [-0.25, -0.2) is 0 Å². The summed E-state index contributed by atoms with van der Waals surface area (Å²) in [5.41, 5.74) is -0.468. The highest BCUT2D eigenvalue weighted by molar-refractivity contribution is 5.02. The average Bonchev–Trinajstić information content (AvgIpc) is 2.89. The van der Waals surface area contributed by atoms with Crippen molar-refractivity contribution in [1.29, 1.82) is 0 Å². The molecule has 6 nitrogen and oxygen atoms in total. The van der Waals surface area contributed by atoms with E-state index in [1.165, 1.54) is 0 Å². The number of hydrogen-bond donors (Lipinski definition) is 0. The van der Waals surface area contributed by atoms with E-state index in [4.69, 9.17) is 18.7 Å². The van der Waals surface area contributed by atoms with E-state index in [0.29, 0.717) is 38.1 Å². The first kappa shape index (κ1) is 13.5. The van der Waals surface area contributed by atoms with Crippen LogP contribution in [0.3, 0.4) is 0 Å². The molecule has 1 aliphatic heterocycles. The van der Waals surface area contributed by atoms with Gasteiger partial charge in [-0.2, -0.15) is 4.98 Å². The molecule has 102 valence electrons. The van der Waals surface area contributed by atoms with Gasteiger partial charge in [-0.3, -0.25) is 0 Å². The van der Waals surface area contributed by atoms with E-state index in [1.54, 1.807) is 7.11 Å². The van der Waals surface area contributed by atoms with Crippen LogP contribution in [0.1, 0.15) is 37.9 Å². The smallest absolute Gasteiger partial charge is 0.252 e. The van der Waals surface area contributed by atoms with Gasteiger partial charge in [0.2, 0.25) is 5.82 Å². The highest BCUT2D eigenvalue weighted by Gasteiger charge is 2.39. The summed E-state index contributed by atoms with van der Waals surface area (Å²) in [6, 6.07) is 0. The summed E-state index contributed by atoms with van der Waals surface area (Å²) in [5.74, 6) is 1.10. The fraction of sp³-hybridized carbons (Fsp3) is 0.833. The first-order valence-corrected chi connectivity index (χ1v) is 6.34. The molecule has 0 N–H and O–H groups in total. The summed E-state index contributed by atoms with van der Waals surface area (Å²) in [6.07, 6.45) is 2.47. The Labute approximate surface area is 107 Å². The number of aromatic nitrogens is 2. The number of rotatable bonds is 6. The summed E-state index contributed by atoms with van der Waals surface area (Å²) in [4.78, 5) is 4.37. The normalized spacial score (nSPS) is 19.0. The topological polar surface area (TPSA) is 66.6 Å². The van der Waals surface area contributed by atoms with Gasteiger partial charge in [-0.1, -0.05) is 12.1 Å². The van der Waals surface area contributed by atoms with Gasteiger partial charge in [0.25, 0.3) is 5.89 Å². The maximum atomic E-state index is 5.60. The Kier molecular flexibility index (Phi) is 4.68. The van der Waals surface area contributed by atoms with Crippen LogP contribution in [-0.2, 0) is 26.4 Å². The Morgan fingerprint density at radius 2 is 2.11 bits per heavy atom. The molecule has 0 spiro atoms. The van der Waals surface area contributed by atoms with Gasteiger partial charge in [0.1, 0.15) is 12.2 Å². The molecule has 1 aromatic heterocycles. The fourth-order valence-electron chi connectivity index (χ4n) is 2.02. The van der Waals surface area contributed by atoms with Crippen LogP contribution in [-0.4, -0.2) is 37.1 Å². The predicted octanol–water partition coefficient (Wildman–Crippen LogP) is 1.65. The third-order valence-electron chi connectivity index (χ3n) is 3.14. The van der Waals surface area contributed by atoms with E-state index >= 15 is 0 Å². The van der Waals surface area contributed by atoms with Crippen molar-refractivity contribution in [1.82, 2.24) is 10.1 Å². The largest absolute Gasteiger partial charge is 0.381 e. The highest BCUT2D eigenvalue weighted by Crippen LogP contribution is 2.33. The van der Waals surface area contributed by atoms with Crippen molar-refractivity contribution in [3.8, 4) is 0 Å². The summed E-state index contributed by atoms with van der Waals surface area (Å²) in [5, 5.41) is 4.01. The number of nitrogens with zero attached hydrogens (tertiary/aromatic N) is 2. The van der Waals surface area contributed by atoms with E-state index < -0.39 is 5.60 Å². The van der Waals surface area contributed by atoms with E-state index in [-0.39, 0.29) is 0 Å². The number of hydrogen-bond acceptors (Lipinski definition) is 6. The van der Waals surface area contributed by atoms with Crippen LogP contribution in [0.15, 0.2) is 4.52 Å². The lowest BCUT2D eigenvalue weighted by atomic mass is 9.93. The summed E-state index contributed by atoms with van der Waals surface area (Å²) in [7, 11) is 1.68. The van der Waals surface area contributed by atoms with Gasteiger partial charge in [-0.05, 0) is 6.42 Å². The van der Waals surface area contributed by atoms with Crippen molar-refractivity contribution in [3.05, 3.63) is 11.7 Å². The van der Waals surface area contributed by atoms with E-state index in [0.717, 1.165) is 19.3 Å². The lowest BCUT2D eigenvalue weighted by Gasteiger charge is -2.32. The minimum Gasteiger partial charge on any atom is -0.381 e. The Morgan fingerprint density at radius 1 is 1.33 bits per heavy atom. The molecular formula is C12H20N2O4. The van der Waals surface area contributed by atoms with Gasteiger partial charge in [0.05, 0.1) is 0 Å². The molecule has 1 aliphatic rings. The van der Waals surface area contributed by atoms with Crippen LogP contribution >= 0.6 is 0 Å². The molecule has 18 heavy (non-hydrogen) atoms. The second kappa shape index (κ2) is 6.26. The Morgan fingerprint density at radius 3 is 2.78 bits per heavy atom. The van der Waals surface area contributed by atoms with Crippen molar-refractivity contribution >= 4 is 0 Å². The zero-order chi connectivity index (χ0) is 12.8. The van der Waals surface area contributed by atoms with Crippen LogP contribution in [0.4, 0.5) is 0 Å². The standard InChI is InChI=1S/C12H20N2O4/c1-3-6-17-9-10-13-11(14-18-10)12(15-2)4-7-16-8-5-12/h3-9H2,1-2H3. The number of methoxy groups -OCH3 is 1. The van der Waals surface area contributed by atoms with E-state index in [9.17, 15) is 0 Å². The Hall–Kier alpha value is -0.980. The molecule has 0 aliphatic carbocycles. The first-order chi connectivity index (χ1) is 8.80. The minimum atomic E-state index is -0.468. The van der Waals surface area contributed by atoms with Crippen LogP contribution in [0.5, 0.6) is 0 Å². The van der Waals surface area contributed by atoms with Crippen LogP contribution < -0.4 is 0 Å². The van der Waals surface area contributed by atoms with Crippen molar-refractivity contribution in [2.24, 2.45) is 0 Å². The molecule has 2 rings (SSSR count). The van der Waals surface area contributed by atoms with Gasteiger partial charge >= 0.3 is 0 Å². The molecule has 2 heterocycles. The first-order valence-electron chi connectivity index (χ1n) is 6.34. The molecule has 0 aromatic carbocycles. The van der Waals surface area contributed by atoms with Crippen molar-refractivity contribution < 1.29 is 18.7 Å². The summed E-state index contributed by atoms with van der Waals surface area (Å²) < 4.78 is 21.5. The maximum Gasteiger partial charge on any atom is 0.252 e. The van der Waals surface area contributed by atoms with Crippen LogP contribution in [0, 0.1) is 0 Å². The summed E-state index contributed by atoms with van der Waals surface area (Å²) >= 11 is 0. The van der Waals surface area contributed by atoms with Crippen LogP contribution in [0.25, 0.3) is 0 Å². The molecule has 6 heteroatoms. The van der Waals surface area contributed by atoms with Crippen molar-refractivity contribution in [2.45, 2.75) is 38.4 Å². The van der Waals surface area contributed by atoms with Gasteiger partial charge < -0.3 is 18.7 Å². The second-order valence-corrected chi connectivity index (χ2v) is 4.38. The monoisotopic (exact) mass is 256 g/mol. The molecule has 0 unspecified atom stereocenters. The minimum absolute atomic E-state index is 0.358. The van der Waals surface area contributed by atoms with Gasteiger partial charge in [-0.15, -0.1) is 0 Å². The molecule has 1 saturated heterocycles. The maximum absolute atomic E-state index is 5.60. The Bertz CT molecular complexity index is 361. The molecule has 1 aromatic rings. The predicted molar refractivity (Wildman–Crippen MR) is 63.0 cm³/mol. The zero-order valence-corrected chi connectivity index (χ0v) is 11.0. The number of ether oxygens (including phenoxy) is 3.